The lowest BCUT2D eigenvalue weighted by molar-refractivity contribution is -0.121. The van der Waals surface area contributed by atoms with E-state index in [1.165, 1.54) is 0 Å². The zero-order valence-electron chi connectivity index (χ0n) is 9.59. The Bertz CT molecular complexity index is 353. The molecule has 0 aliphatic rings. The summed E-state index contributed by atoms with van der Waals surface area (Å²) < 4.78 is 0. The van der Waals surface area contributed by atoms with Gasteiger partial charge in [-0.15, -0.1) is 0 Å². The van der Waals surface area contributed by atoms with Crippen molar-refractivity contribution in [2.45, 2.75) is 26.3 Å². The Balaban J connectivity index is 2.28. The highest BCUT2D eigenvalue weighted by Gasteiger charge is 2.02. The molecule has 0 saturated heterocycles. The van der Waals surface area contributed by atoms with Crippen LogP contribution in [0.25, 0.3) is 0 Å². The predicted octanol–water partition coefficient (Wildman–Crippen LogP) is 2.67. The van der Waals surface area contributed by atoms with E-state index in [4.69, 9.17) is 11.6 Å². The number of hydrogen-bond acceptors (Lipinski definition) is 2. The minimum atomic E-state index is 0.0597. The molecule has 3 nitrogen and oxygen atoms in total. The second kappa shape index (κ2) is 6.38. The van der Waals surface area contributed by atoms with Crippen molar-refractivity contribution in [1.82, 2.24) is 5.32 Å². The third-order valence-corrected chi connectivity index (χ3v) is 2.19. The van der Waals surface area contributed by atoms with Crippen molar-refractivity contribution in [1.29, 1.82) is 0 Å². The molecule has 0 spiro atoms. The van der Waals surface area contributed by atoms with E-state index in [0.29, 0.717) is 18.0 Å². The van der Waals surface area contributed by atoms with Gasteiger partial charge in [0.15, 0.2) is 0 Å². The van der Waals surface area contributed by atoms with E-state index >= 15 is 0 Å². The highest BCUT2D eigenvalue weighted by atomic mass is 35.5. The molecule has 0 fully saturated rings. The normalized spacial score (nSPS) is 10.2. The van der Waals surface area contributed by atoms with Crippen LogP contribution >= 0.6 is 11.6 Å². The van der Waals surface area contributed by atoms with Crippen LogP contribution in [0.3, 0.4) is 0 Å². The minimum absolute atomic E-state index is 0.0597. The summed E-state index contributed by atoms with van der Waals surface area (Å²) in [6.45, 7) is 4.50. The zero-order chi connectivity index (χ0) is 12.0. The number of benzene rings is 1. The Morgan fingerprint density at radius 1 is 1.44 bits per heavy atom. The lowest BCUT2D eigenvalue weighted by Gasteiger charge is -2.09. The molecule has 0 bridgehead atoms. The Labute approximate surface area is 101 Å². The van der Waals surface area contributed by atoms with Crippen LogP contribution in [0.2, 0.25) is 5.02 Å². The van der Waals surface area contributed by atoms with Gasteiger partial charge in [-0.05, 0) is 32.0 Å². The van der Waals surface area contributed by atoms with Gasteiger partial charge in [0, 0.05) is 29.7 Å². The van der Waals surface area contributed by atoms with Crippen LogP contribution in [0.4, 0.5) is 5.69 Å². The van der Waals surface area contributed by atoms with Gasteiger partial charge in [0.2, 0.25) is 5.91 Å². The van der Waals surface area contributed by atoms with Crippen molar-refractivity contribution >= 4 is 23.2 Å². The quantitative estimate of drug-likeness (QED) is 0.831. The highest BCUT2D eigenvalue weighted by Crippen LogP contribution is 2.14. The van der Waals surface area contributed by atoms with Gasteiger partial charge in [0.1, 0.15) is 0 Å². The van der Waals surface area contributed by atoms with E-state index in [1.54, 1.807) is 0 Å². The van der Waals surface area contributed by atoms with E-state index in [2.05, 4.69) is 10.6 Å². The molecule has 1 aromatic rings. The van der Waals surface area contributed by atoms with E-state index in [1.807, 2.05) is 38.1 Å². The van der Waals surface area contributed by atoms with Gasteiger partial charge in [-0.25, -0.2) is 0 Å². The highest BCUT2D eigenvalue weighted by molar-refractivity contribution is 6.30. The lowest BCUT2D eigenvalue weighted by atomic mass is 10.3. The minimum Gasteiger partial charge on any atom is -0.384 e. The summed E-state index contributed by atoms with van der Waals surface area (Å²) in [7, 11) is 0. The fourth-order valence-electron chi connectivity index (χ4n) is 1.31. The van der Waals surface area contributed by atoms with Crippen LogP contribution in [0, 0.1) is 0 Å². The summed E-state index contributed by atoms with van der Waals surface area (Å²) in [6, 6.07) is 7.64. The smallest absolute Gasteiger partial charge is 0.221 e. The molecule has 0 unspecified atom stereocenters. The Morgan fingerprint density at radius 2 is 2.19 bits per heavy atom. The number of amides is 1. The zero-order valence-corrected chi connectivity index (χ0v) is 10.3. The topological polar surface area (TPSA) is 41.1 Å². The molecule has 0 atom stereocenters. The molecule has 0 radical (unpaired) electrons. The number of halogens is 1. The van der Waals surface area contributed by atoms with E-state index in [9.17, 15) is 4.79 Å². The first-order valence-corrected chi connectivity index (χ1v) is 5.74. The molecule has 88 valence electrons. The van der Waals surface area contributed by atoms with Gasteiger partial charge in [-0.3, -0.25) is 4.79 Å². The maximum Gasteiger partial charge on any atom is 0.221 e. The van der Waals surface area contributed by atoms with E-state index < -0.39 is 0 Å². The molecule has 0 aliphatic heterocycles. The molecule has 0 aliphatic carbocycles. The van der Waals surface area contributed by atoms with Crippen LogP contribution in [-0.2, 0) is 4.79 Å². The first-order chi connectivity index (χ1) is 7.58. The average molecular weight is 241 g/mol. The second-order valence-electron chi connectivity index (χ2n) is 3.91. The van der Waals surface area contributed by atoms with Crippen LogP contribution < -0.4 is 10.6 Å². The third-order valence-electron chi connectivity index (χ3n) is 1.96. The number of nitrogens with one attached hydrogen (secondary N) is 2. The first-order valence-electron chi connectivity index (χ1n) is 5.36. The summed E-state index contributed by atoms with van der Waals surface area (Å²) >= 11 is 5.84. The van der Waals surface area contributed by atoms with Crippen molar-refractivity contribution in [2.24, 2.45) is 0 Å². The molecule has 1 aromatic carbocycles. The van der Waals surface area contributed by atoms with Gasteiger partial charge in [0.25, 0.3) is 0 Å². The molecule has 2 N–H and O–H groups in total. The van der Waals surface area contributed by atoms with Gasteiger partial charge in [-0.1, -0.05) is 17.7 Å². The molecule has 4 heteroatoms. The van der Waals surface area contributed by atoms with Crippen LogP contribution in [0.1, 0.15) is 20.3 Å². The average Bonchev–Trinajstić information content (AvgIpc) is 2.16. The Hall–Kier alpha value is -1.22. The summed E-state index contributed by atoms with van der Waals surface area (Å²) in [6.07, 6.45) is 0.463. The van der Waals surface area contributed by atoms with Crippen LogP contribution in [0.15, 0.2) is 24.3 Å². The SMILES string of the molecule is CC(C)NC(=O)CCNc1cccc(Cl)c1. The maximum absolute atomic E-state index is 11.3. The number of carbonyl (C=O) groups excluding carboxylic acids is 1. The van der Waals surface area contributed by atoms with Crippen LogP contribution in [0.5, 0.6) is 0 Å². The number of rotatable bonds is 5. The maximum atomic E-state index is 11.3. The monoisotopic (exact) mass is 240 g/mol. The second-order valence-corrected chi connectivity index (χ2v) is 4.35. The van der Waals surface area contributed by atoms with Crippen molar-refractivity contribution < 1.29 is 4.79 Å². The summed E-state index contributed by atoms with van der Waals surface area (Å²) in [4.78, 5) is 11.3. The number of carbonyl (C=O) groups is 1. The molecular formula is C12H17ClN2O. The van der Waals surface area contributed by atoms with E-state index in [-0.39, 0.29) is 11.9 Å². The third kappa shape index (κ3) is 5.03. The van der Waals surface area contributed by atoms with Crippen LogP contribution in [-0.4, -0.2) is 18.5 Å². The summed E-state index contributed by atoms with van der Waals surface area (Å²) in [5.74, 6) is 0.0597. The molecule has 1 amide bonds. The Morgan fingerprint density at radius 3 is 2.81 bits per heavy atom. The number of anilines is 1. The predicted molar refractivity (Wildman–Crippen MR) is 67.8 cm³/mol. The largest absolute Gasteiger partial charge is 0.384 e. The van der Waals surface area contributed by atoms with Gasteiger partial charge >= 0.3 is 0 Å². The molecule has 0 aromatic heterocycles. The van der Waals surface area contributed by atoms with Crippen molar-refractivity contribution in [3.8, 4) is 0 Å². The van der Waals surface area contributed by atoms with Gasteiger partial charge in [-0.2, -0.15) is 0 Å². The van der Waals surface area contributed by atoms with Gasteiger partial charge in [0.05, 0.1) is 0 Å². The fourth-order valence-corrected chi connectivity index (χ4v) is 1.50. The Kier molecular flexibility index (Phi) is 5.12. The number of hydrogen-bond donors (Lipinski definition) is 2. The molecule has 0 heterocycles. The molecule has 0 saturated carbocycles. The first kappa shape index (κ1) is 12.8. The fraction of sp³-hybridized carbons (Fsp3) is 0.417. The van der Waals surface area contributed by atoms with E-state index in [0.717, 1.165) is 5.69 Å². The van der Waals surface area contributed by atoms with Crippen molar-refractivity contribution in [3.05, 3.63) is 29.3 Å². The molecular weight excluding hydrogens is 224 g/mol. The molecule has 1 rings (SSSR count). The lowest BCUT2D eigenvalue weighted by Crippen LogP contribution is -2.31. The van der Waals surface area contributed by atoms with Gasteiger partial charge < -0.3 is 10.6 Å². The summed E-state index contributed by atoms with van der Waals surface area (Å²) in [5, 5.41) is 6.67. The summed E-state index contributed by atoms with van der Waals surface area (Å²) in [5.41, 5.74) is 0.935. The molecule has 16 heavy (non-hydrogen) atoms. The standard InChI is InChI=1S/C12H17ClN2O/c1-9(2)15-12(16)6-7-14-11-5-3-4-10(13)8-11/h3-5,8-9,14H,6-7H2,1-2H3,(H,15,16). The van der Waals surface area contributed by atoms with Crippen molar-refractivity contribution in [2.75, 3.05) is 11.9 Å². The van der Waals surface area contributed by atoms with Crippen molar-refractivity contribution in [3.63, 3.8) is 0 Å².